The molecule has 0 aliphatic rings. The average Bonchev–Trinajstić information content (AvgIpc) is 3.21. The molecular weight excluding hydrogens is 766 g/mol. The summed E-state index contributed by atoms with van der Waals surface area (Å²) in [7, 11) is -4.62. The highest BCUT2D eigenvalue weighted by molar-refractivity contribution is 7.47. The number of hydrogen-bond acceptors (Lipinski definition) is 8. The van der Waals surface area contributed by atoms with Gasteiger partial charge in [0.05, 0.1) is 19.8 Å². The Kier molecular flexibility index (Phi) is 42.5. The predicted molar refractivity (Wildman–Crippen MR) is 244 cm³/mol. The van der Waals surface area contributed by atoms with Crippen molar-refractivity contribution in [3.05, 3.63) is 48.6 Å². The van der Waals surface area contributed by atoms with Gasteiger partial charge in [-0.2, -0.15) is 0 Å². The van der Waals surface area contributed by atoms with Crippen LogP contribution in [0.5, 0.6) is 0 Å². The SMILES string of the molecule is CCCCCCC/C=C\C/C=C\C/C=C\CCCCCCCCC(=O)OC(COCCCCCCCC/C=C\CCCCCCCC)COP(=O)(O)OCC(N)C(=O)O. The van der Waals surface area contributed by atoms with E-state index in [1.54, 1.807) is 0 Å². The summed E-state index contributed by atoms with van der Waals surface area (Å²) in [5.74, 6) is -1.79. The summed E-state index contributed by atoms with van der Waals surface area (Å²) in [5.41, 5.74) is 5.36. The van der Waals surface area contributed by atoms with E-state index in [1.807, 2.05) is 0 Å². The number of phosphoric ester groups is 1. The molecule has 3 atom stereocenters. The van der Waals surface area contributed by atoms with Crippen LogP contribution < -0.4 is 5.73 Å². The summed E-state index contributed by atoms with van der Waals surface area (Å²) in [4.78, 5) is 33.6. The maximum atomic E-state index is 12.7. The van der Waals surface area contributed by atoms with Gasteiger partial charge >= 0.3 is 19.8 Å². The highest BCUT2D eigenvalue weighted by Gasteiger charge is 2.27. The zero-order valence-corrected chi connectivity index (χ0v) is 38.5. The number of carboxylic acids is 1. The lowest BCUT2D eigenvalue weighted by atomic mass is 10.1. The van der Waals surface area contributed by atoms with E-state index in [4.69, 9.17) is 29.4 Å². The number of unbranched alkanes of at least 4 members (excludes halogenated alkanes) is 23. The molecule has 0 saturated heterocycles. The molecule has 10 nitrogen and oxygen atoms in total. The minimum Gasteiger partial charge on any atom is -0.480 e. The molecule has 4 N–H and O–H groups in total. The Morgan fingerprint density at radius 3 is 1.41 bits per heavy atom. The monoisotopic (exact) mass is 854 g/mol. The van der Waals surface area contributed by atoms with E-state index in [1.165, 1.54) is 103 Å². The van der Waals surface area contributed by atoms with Crippen LogP contribution in [0.4, 0.5) is 0 Å². The van der Waals surface area contributed by atoms with E-state index in [9.17, 15) is 19.0 Å². The van der Waals surface area contributed by atoms with Crippen molar-refractivity contribution in [2.75, 3.05) is 26.4 Å². The Bertz CT molecular complexity index is 1130. The highest BCUT2D eigenvalue weighted by Crippen LogP contribution is 2.43. The van der Waals surface area contributed by atoms with Gasteiger partial charge in [-0.25, -0.2) is 4.57 Å². The van der Waals surface area contributed by atoms with Crippen molar-refractivity contribution in [1.29, 1.82) is 0 Å². The van der Waals surface area contributed by atoms with Crippen LogP contribution in [0, 0.1) is 0 Å². The maximum absolute atomic E-state index is 12.7. The fourth-order valence-corrected chi connectivity index (χ4v) is 7.15. The fourth-order valence-electron chi connectivity index (χ4n) is 6.37. The maximum Gasteiger partial charge on any atom is 0.472 e. The Labute approximate surface area is 360 Å². The van der Waals surface area contributed by atoms with Gasteiger partial charge in [0.2, 0.25) is 0 Å². The second-order valence-corrected chi connectivity index (χ2v) is 17.3. The summed E-state index contributed by atoms with van der Waals surface area (Å²) in [6.45, 7) is 3.85. The van der Waals surface area contributed by atoms with Gasteiger partial charge in [0.15, 0.2) is 0 Å². The Morgan fingerprint density at radius 2 is 0.932 bits per heavy atom. The molecule has 0 heterocycles. The molecule has 0 bridgehead atoms. The van der Waals surface area contributed by atoms with Gasteiger partial charge in [0, 0.05) is 13.0 Å². The third kappa shape index (κ3) is 43.8. The van der Waals surface area contributed by atoms with Crippen LogP contribution in [-0.4, -0.2) is 60.5 Å². The molecule has 344 valence electrons. The molecule has 0 amide bonds. The van der Waals surface area contributed by atoms with Gasteiger partial charge in [-0.15, -0.1) is 0 Å². The minimum absolute atomic E-state index is 0.00679. The predicted octanol–water partition coefficient (Wildman–Crippen LogP) is 13.4. The second-order valence-electron chi connectivity index (χ2n) is 15.9. The average molecular weight is 854 g/mol. The molecule has 0 aliphatic heterocycles. The molecule has 0 spiro atoms. The third-order valence-electron chi connectivity index (χ3n) is 10.1. The van der Waals surface area contributed by atoms with Gasteiger partial charge in [-0.05, 0) is 77.0 Å². The lowest BCUT2D eigenvalue weighted by molar-refractivity contribution is -0.154. The van der Waals surface area contributed by atoms with E-state index in [0.717, 1.165) is 77.0 Å². The Hall–Kier alpha value is -2.07. The molecule has 0 aromatic heterocycles. The van der Waals surface area contributed by atoms with Crippen molar-refractivity contribution in [3.63, 3.8) is 0 Å². The first-order valence-electron chi connectivity index (χ1n) is 23.7. The standard InChI is InChI=1S/C48H88NO9P/c1-3-5-7-9-11-13-15-17-19-21-22-23-24-25-26-28-30-32-34-36-38-40-47(50)58-45(43-56-59(53,54)57-44-46(49)48(51)52)42-55-41-39-37-35-33-31-29-27-20-18-16-14-12-10-8-6-4-2/h15,17-18,20-22,24-25,45-46H,3-14,16,19,23,26-44,49H2,1-2H3,(H,51,52)(H,53,54)/b17-15-,20-18-,22-21-,25-24-. The summed E-state index contributed by atoms with van der Waals surface area (Å²) in [6.07, 6.45) is 51.6. The summed E-state index contributed by atoms with van der Waals surface area (Å²) in [5, 5.41) is 8.91. The molecule has 0 fully saturated rings. The lowest BCUT2D eigenvalue weighted by Crippen LogP contribution is -2.34. The first kappa shape index (κ1) is 56.9. The zero-order chi connectivity index (χ0) is 43.3. The van der Waals surface area contributed by atoms with Crippen LogP contribution in [-0.2, 0) is 32.7 Å². The number of aliphatic carboxylic acids is 1. The molecule has 0 aliphatic carbocycles. The fraction of sp³-hybridized carbons (Fsp3) is 0.792. The van der Waals surface area contributed by atoms with Gasteiger partial charge in [-0.3, -0.25) is 18.6 Å². The number of phosphoric acid groups is 1. The lowest BCUT2D eigenvalue weighted by Gasteiger charge is -2.20. The Morgan fingerprint density at radius 1 is 0.542 bits per heavy atom. The van der Waals surface area contributed by atoms with Gasteiger partial charge in [0.25, 0.3) is 0 Å². The Balaban J connectivity index is 4.23. The second kappa shape index (κ2) is 44.0. The number of ether oxygens (including phenoxy) is 2. The van der Waals surface area contributed by atoms with Gasteiger partial charge < -0.3 is 25.2 Å². The zero-order valence-electron chi connectivity index (χ0n) is 37.6. The molecule has 11 heteroatoms. The number of esters is 1. The molecular formula is C48H88NO9P. The van der Waals surface area contributed by atoms with Crippen molar-refractivity contribution >= 4 is 19.8 Å². The van der Waals surface area contributed by atoms with Crippen LogP contribution in [0.1, 0.15) is 206 Å². The van der Waals surface area contributed by atoms with E-state index in [0.29, 0.717) is 13.0 Å². The molecule has 0 saturated carbocycles. The molecule has 0 rings (SSSR count). The van der Waals surface area contributed by atoms with Crippen LogP contribution >= 0.6 is 7.82 Å². The summed E-state index contributed by atoms with van der Waals surface area (Å²) < 4.78 is 33.4. The summed E-state index contributed by atoms with van der Waals surface area (Å²) in [6, 6.07) is -1.48. The number of carbonyl (C=O) groups is 2. The van der Waals surface area contributed by atoms with Crippen molar-refractivity contribution < 1.29 is 42.7 Å². The molecule has 0 aromatic rings. The first-order valence-corrected chi connectivity index (χ1v) is 25.2. The van der Waals surface area contributed by atoms with Crippen LogP contribution in [0.15, 0.2) is 48.6 Å². The van der Waals surface area contributed by atoms with Crippen molar-refractivity contribution in [2.24, 2.45) is 5.73 Å². The number of carboxylic acid groups (broad SMARTS) is 1. The molecule has 3 unspecified atom stereocenters. The topological polar surface area (TPSA) is 155 Å². The van der Waals surface area contributed by atoms with Crippen molar-refractivity contribution in [2.45, 2.75) is 219 Å². The van der Waals surface area contributed by atoms with E-state index < -0.39 is 45.1 Å². The van der Waals surface area contributed by atoms with Crippen molar-refractivity contribution in [3.8, 4) is 0 Å². The minimum atomic E-state index is -4.62. The molecule has 0 radical (unpaired) electrons. The van der Waals surface area contributed by atoms with Crippen LogP contribution in [0.2, 0.25) is 0 Å². The van der Waals surface area contributed by atoms with E-state index in [2.05, 4.69) is 62.5 Å². The number of carbonyl (C=O) groups excluding carboxylic acids is 1. The quantitative estimate of drug-likeness (QED) is 0.0233. The summed E-state index contributed by atoms with van der Waals surface area (Å²) >= 11 is 0. The number of allylic oxidation sites excluding steroid dienone is 8. The van der Waals surface area contributed by atoms with Gasteiger partial charge in [-0.1, -0.05) is 172 Å². The van der Waals surface area contributed by atoms with Gasteiger partial charge in [0.1, 0.15) is 12.1 Å². The third-order valence-corrected chi connectivity index (χ3v) is 11.0. The number of hydrogen-bond donors (Lipinski definition) is 3. The van der Waals surface area contributed by atoms with E-state index >= 15 is 0 Å². The molecule has 59 heavy (non-hydrogen) atoms. The van der Waals surface area contributed by atoms with Crippen molar-refractivity contribution in [1.82, 2.24) is 0 Å². The van der Waals surface area contributed by atoms with E-state index in [-0.39, 0.29) is 13.0 Å². The normalized spacial score (nSPS) is 14.2. The van der Waals surface area contributed by atoms with Crippen LogP contribution in [0.3, 0.4) is 0 Å². The first-order chi connectivity index (χ1) is 28.7. The smallest absolute Gasteiger partial charge is 0.472 e. The number of nitrogens with two attached hydrogens (primary N) is 1. The number of rotatable bonds is 45. The van der Waals surface area contributed by atoms with Crippen LogP contribution in [0.25, 0.3) is 0 Å². The molecule has 0 aromatic carbocycles. The largest absolute Gasteiger partial charge is 0.480 e. The highest BCUT2D eigenvalue weighted by atomic mass is 31.2.